The highest BCUT2D eigenvalue weighted by Crippen LogP contribution is 2.40. The number of ether oxygens (including phenoxy) is 2. The van der Waals surface area contributed by atoms with E-state index in [9.17, 15) is 4.79 Å². The molecule has 0 amide bonds. The second-order valence-electron chi connectivity index (χ2n) is 4.47. The maximum atomic E-state index is 11.0. The molecule has 0 saturated carbocycles. The second kappa shape index (κ2) is 4.76. The average Bonchev–Trinajstić information content (AvgIpc) is 2.72. The number of aryl methyl sites for hydroxylation is 1. The molecule has 3 rings (SSSR count). The summed E-state index contributed by atoms with van der Waals surface area (Å²) in [5.74, 6) is 1.32. The maximum absolute atomic E-state index is 11.0. The van der Waals surface area contributed by atoms with Gasteiger partial charge in [-0.05, 0) is 12.1 Å². The van der Waals surface area contributed by atoms with Crippen molar-refractivity contribution >= 4 is 6.29 Å². The van der Waals surface area contributed by atoms with Gasteiger partial charge in [-0.25, -0.2) is 0 Å². The first-order valence-corrected chi connectivity index (χ1v) is 6.16. The summed E-state index contributed by atoms with van der Waals surface area (Å²) in [5.41, 5.74) is 2.32. The Morgan fingerprint density at radius 3 is 2.89 bits per heavy atom. The van der Waals surface area contributed by atoms with Crippen LogP contribution < -0.4 is 9.47 Å². The summed E-state index contributed by atoms with van der Waals surface area (Å²) in [6.07, 6.45) is 5.28. The van der Waals surface area contributed by atoms with Crippen LogP contribution in [0.25, 0.3) is 11.1 Å². The van der Waals surface area contributed by atoms with Gasteiger partial charge in [0, 0.05) is 36.4 Å². The molecule has 0 radical (unpaired) electrons. The number of aromatic nitrogens is 2. The second-order valence-corrected chi connectivity index (χ2v) is 4.47. The molecule has 1 aromatic carbocycles. The van der Waals surface area contributed by atoms with Gasteiger partial charge in [-0.3, -0.25) is 9.48 Å². The third-order valence-electron chi connectivity index (χ3n) is 3.02. The minimum Gasteiger partial charge on any atom is -0.490 e. The fourth-order valence-corrected chi connectivity index (χ4v) is 2.14. The fourth-order valence-electron chi connectivity index (χ4n) is 2.14. The van der Waals surface area contributed by atoms with Crippen LogP contribution in [0.1, 0.15) is 16.8 Å². The monoisotopic (exact) mass is 258 g/mol. The zero-order valence-corrected chi connectivity index (χ0v) is 10.6. The first-order valence-electron chi connectivity index (χ1n) is 6.16. The molecular weight excluding hydrogens is 244 g/mol. The molecule has 2 aromatic rings. The molecule has 5 heteroatoms. The molecule has 0 saturated heterocycles. The van der Waals surface area contributed by atoms with Gasteiger partial charge in [-0.15, -0.1) is 0 Å². The van der Waals surface area contributed by atoms with Gasteiger partial charge < -0.3 is 9.47 Å². The Bertz CT molecular complexity index is 619. The van der Waals surface area contributed by atoms with Gasteiger partial charge in [0.15, 0.2) is 11.5 Å². The van der Waals surface area contributed by atoms with Crippen LogP contribution in [-0.4, -0.2) is 29.3 Å². The Hall–Kier alpha value is -2.30. The number of hydrogen-bond acceptors (Lipinski definition) is 4. The summed E-state index contributed by atoms with van der Waals surface area (Å²) in [6.45, 7) is 1.21. The summed E-state index contributed by atoms with van der Waals surface area (Å²) < 4.78 is 13.1. The Labute approximate surface area is 110 Å². The first-order chi connectivity index (χ1) is 9.28. The van der Waals surface area contributed by atoms with Crippen LogP contribution in [0.4, 0.5) is 0 Å². The van der Waals surface area contributed by atoms with Crippen molar-refractivity contribution in [3.8, 4) is 22.6 Å². The predicted octanol–water partition coefficient (Wildman–Crippen LogP) is 2.06. The molecule has 0 N–H and O–H groups in total. The van der Waals surface area contributed by atoms with Crippen molar-refractivity contribution in [1.82, 2.24) is 9.78 Å². The van der Waals surface area contributed by atoms with E-state index < -0.39 is 0 Å². The van der Waals surface area contributed by atoms with E-state index in [0.717, 1.165) is 23.8 Å². The van der Waals surface area contributed by atoms with Crippen molar-refractivity contribution < 1.29 is 14.3 Å². The highest BCUT2D eigenvalue weighted by atomic mass is 16.5. The highest BCUT2D eigenvalue weighted by Gasteiger charge is 2.18. The molecule has 0 atom stereocenters. The van der Waals surface area contributed by atoms with Crippen LogP contribution >= 0.6 is 0 Å². The molecule has 98 valence electrons. The molecule has 0 spiro atoms. The molecule has 0 fully saturated rings. The number of aldehydes is 1. The van der Waals surface area contributed by atoms with Crippen LogP contribution in [0.5, 0.6) is 11.5 Å². The fraction of sp³-hybridized carbons (Fsp3) is 0.286. The molecule has 1 aromatic heterocycles. The van der Waals surface area contributed by atoms with E-state index in [1.165, 1.54) is 0 Å². The van der Waals surface area contributed by atoms with Gasteiger partial charge in [0.05, 0.1) is 19.4 Å². The van der Waals surface area contributed by atoms with Gasteiger partial charge >= 0.3 is 0 Å². The molecule has 5 nitrogen and oxygen atoms in total. The molecular formula is C14H14N2O3. The third-order valence-corrected chi connectivity index (χ3v) is 3.02. The van der Waals surface area contributed by atoms with E-state index in [2.05, 4.69) is 5.10 Å². The van der Waals surface area contributed by atoms with Gasteiger partial charge in [0.25, 0.3) is 0 Å². The lowest BCUT2D eigenvalue weighted by atomic mass is 10.0. The molecule has 0 aliphatic carbocycles. The van der Waals surface area contributed by atoms with Crippen LogP contribution in [0.2, 0.25) is 0 Å². The number of fused-ring (bicyclic) bond motifs is 1. The van der Waals surface area contributed by atoms with Gasteiger partial charge in [0.1, 0.15) is 6.29 Å². The zero-order valence-electron chi connectivity index (χ0n) is 10.6. The third kappa shape index (κ3) is 2.19. The number of rotatable bonds is 2. The van der Waals surface area contributed by atoms with E-state index in [1.807, 2.05) is 13.2 Å². The van der Waals surface area contributed by atoms with Gasteiger partial charge in [-0.2, -0.15) is 5.10 Å². The Kier molecular flexibility index (Phi) is 2.95. The summed E-state index contributed by atoms with van der Waals surface area (Å²) in [5, 5.41) is 4.15. The van der Waals surface area contributed by atoms with E-state index >= 15 is 0 Å². The quantitative estimate of drug-likeness (QED) is 0.774. The Balaban J connectivity index is 2.18. The van der Waals surface area contributed by atoms with Gasteiger partial charge in [0.2, 0.25) is 0 Å². The largest absolute Gasteiger partial charge is 0.490 e. The van der Waals surface area contributed by atoms with E-state index in [-0.39, 0.29) is 0 Å². The van der Waals surface area contributed by atoms with Crippen molar-refractivity contribution in [1.29, 1.82) is 0 Å². The van der Waals surface area contributed by atoms with E-state index in [4.69, 9.17) is 9.47 Å². The van der Waals surface area contributed by atoms with Crippen molar-refractivity contribution in [3.63, 3.8) is 0 Å². The Morgan fingerprint density at radius 2 is 2.16 bits per heavy atom. The molecule has 2 heterocycles. The van der Waals surface area contributed by atoms with Crippen molar-refractivity contribution in [2.24, 2.45) is 7.05 Å². The predicted molar refractivity (Wildman–Crippen MR) is 69.6 cm³/mol. The van der Waals surface area contributed by atoms with Crippen LogP contribution in [0.3, 0.4) is 0 Å². The Morgan fingerprint density at radius 1 is 1.32 bits per heavy atom. The lowest BCUT2D eigenvalue weighted by molar-refractivity contribution is 0.112. The maximum Gasteiger partial charge on any atom is 0.169 e. The van der Waals surface area contributed by atoms with Gasteiger partial charge in [-0.1, -0.05) is 0 Å². The average molecular weight is 258 g/mol. The molecule has 1 aliphatic heterocycles. The summed E-state index contributed by atoms with van der Waals surface area (Å²) in [7, 11) is 1.85. The summed E-state index contributed by atoms with van der Waals surface area (Å²) >= 11 is 0. The molecule has 0 unspecified atom stereocenters. The number of carbonyl (C=O) groups excluding carboxylic acids is 1. The highest BCUT2D eigenvalue weighted by molar-refractivity contribution is 5.84. The number of nitrogens with zero attached hydrogens (tertiary/aromatic N) is 2. The normalized spacial score (nSPS) is 13.9. The lowest BCUT2D eigenvalue weighted by Gasteiger charge is -2.12. The minimum atomic E-state index is 0.572. The zero-order chi connectivity index (χ0) is 13.2. The lowest BCUT2D eigenvalue weighted by Crippen LogP contribution is -1.97. The SMILES string of the molecule is Cn1cc(-c2cc(C=O)cc3c2OCCCO3)cn1. The topological polar surface area (TPSA) is 53.4 Å². The number of hydrogen-bond donors (Lipinski definition) is 0. The van der Waals surface area contributed by atoms with Crippen LogP contribution in [-0.2, 0) is 7.05 Å². The van der Waals surface area contributed by atoms with Crippen molar-refractivity contribution in [3.05, 3.63) is 30.1 Å². The van der Waals surface area contributed by atoms with Crippen LogP contribution in [0, 0.1) is 0 Å². The van der Waals surface area contributed by atoms with Crippen LogP contribution in [0.15, 0.2) is 24.5 Å². The molecule has 19 heavy (non-hydrogen) atoms. The molecule has 0 bridgehead atoms. The standard InChI is InChI=1S/C14H14N2O3/c1-16-8-11(7-15-16)12-5-10(9-17)6-13-14(12)19-4-2-3-18-13/h5-9H,2-4H2,1H3. The smallest absolute Gasteiger partial charge is 0.169 e. The van der Waals surface area contributed by atoms with Crippen molar-refractivity contribution in [2.75, 3.05) is 13.2 Å². The minimum absolute atomic E-state index is 0.572. The summed E-state index contributed by atoms with van der Waals surface area (Å²) in [6, 6.07) is 3.52. The number of carbonyl (C=O) groups is 1. The molecule has 1 aliphatic rings. The van der Waals surface area contributed by atoms with Crippen molar-refractivity contribution in [2.45, 2.75) is 6.42 Å². The number of benzene rings is 1. The van der Waals surface area contributed by atoms with E-state index in [0.29, 0.717) is 30.3 Å². The first kappa shape index (κ1) is 11.8. The van der Waals surface area contributed by atoms with E-state index in [1.54, 1.807) is 23.0 Å². The summed E-state index contributed by atoms with van der Waals surface area (Å²) in [4.78, 5) is 11.0.